The molecular weight excluding hydrogens is 396 g/mol. The third-order valence-corrected chi connectivity index (χ3v) is 10.2. The van der Waals surface area contributed by atoms with Crippen LogP contribution in [0.5, 0.6) is 0 Å². The molecule has 6 nitrogen and oxygen atoms in total. The van der Waals surface area contributed by atoms with Gasteiger partial charge in [0.1, 0.15) is 17.0 Å². The van der Waals surface area contributed by atoms with Crippen LogP contribution in [0, 0.1) is 28.6 Å². The lowest BCUT2D eigenvalue weighted by molar-refractivity contribution is -0.169. The molecule has 2 aliphatic heterocycles. The molecule has 0 aromatic rings. The van der Waals surface area contributed by atoms with Gasteiger partial charge in [0.2, 0.25) is 0 Å². The summed E-state index contributed by atoms with van der Waals surface area (Å²) in [5.41, 5.74) is -0.189. The average Bonchev–Trinajstić information content (AvgIpc) is 3.20. The van der Waals surface area contributed by atoms with Crippen molar-refractivity contribution in [2.24, 2.45) is 28.6 Å². The largest absolute Gasteiger partial charge is 0.466 e. The van der Waals surface area contributed by atoms with Crippen molar-refractivity contribution in [3.63, 3.8) is 0 Å². The number of carbonyl (C=O) groups excluding carboxylic acids is 3. The van der Waals surface area contributed by atoms with Crippen LogP contribution in [0.4, 0.5) is 0 Å². The smallest absolute Gasteiger partial charge is 0.313 e. The Morgan fingerprint density at radius 2 is 2.00 bits per heavy atom. The van der Waals surface area contributed by atoms with E-state index in [9.17, 15) is 14.4 Å². The minimum Gasteiger partial charge on any atom is -0.466 e. The number of ether oxygens (including phenoxy) is 3. The van der Waals surface area contributed by atoms with E-state index in [2.05, 4.69) is 19.9 Å². The van der Waals surface area contributed by atoms with Crippen LogP contribution >= 0.6 is 0 Å². The topological polar surface area (TPSA) is 82.2 Å². The average molecular weight is 429 g/mol. The van der Waals surface area contributed by atoms with Gasteiger partial charge in [0.05, 0.1) is 18.6 Å². The predicted molar refractivity (Wildman–Crippen MR) is 110 cm³/mol. The number of ketones is 1. The standard InChI is InChI=1S/C25H32O6/c1-4-29-21(28)16-12-14-11-15(26)5-8-22(14,2)25-18(30-25)13-23(3)17(20(16)25)6-9-24(23)10-7-19(27)31-24/h12,16-18,20H,4-11,13H2,1-3H3/t16?,17-,18+,20-,22-,23-,24+,25?/m0/s1. The minimum absolute atomic E-state index is 0.00377. The van der Waals surface area contributed by atoms with E-state index in [4.69, 9.17) is 14.2 Å². The zero-order chi connectivity index (χ0) is 21.8. The lowest BCUT2D eigenvalue weighted by Crippen LogP contribution is -2.62. The molecule has 8 atom stereocenters. The van der Waals surface area contributed by atoms with Gasteiger partial charge in [-0.2, -0.15) is 0 Å². The van der Waals surface area contributed by atoms with E-state index in [0.717, 1.165) is 37.7 Å². The van der Waals surface area contributed by atoms with Crippen molar-refractivity contribution in [2.75, 3.05) is 6.61 Å². The molecule has 4 aliphatic carbocycles. The lowest BCUT2D eigenvalue weighted by atomic mass is 9.44. The lowest BCUT2D eigenvalue weighted by Gasteiger charge is -2.57. The normalized spacial score (nSPS) is 51.9. The molecule has 2 unspecified atom stereocenters. The maximum atomic E-state index is 13.2. The molecule has 2 heterocycles. The Balaban J connectivity index is 1.49. The van der Waals surface area contributed by atoms with Gasteiger partial charge in [0.25, 0.3) is 0 Å². The molecule has 168 valence electrons. The fourth-order valence-corrected chi connectivity index (χ4v) is 8.70. The molecule has 6 heteroatoms. The van der Waals surface area contributed by atoms with Crippen LogP contribution in [-0.4, -0.2) is 41.6 Å². The van der Waals surface area contributed by atoms with Gasteiger partial charge in [-0.05, 0) is 44.9 Å². The zero-order valence-electron chi connectivity index (χ0n) is 18.7. The van der Waals surface area contributed by atoms with Crippen molar-refractivity contribution in [1.82, 2.24) is 0 Å². The van der Waals surface area contributed by atoms with Gasteiger partial charge in [-0.1, -0.05) is 25.5 Å². The van der Waals surface area contributed by atoms with Crippen molar-refractivity contribution < 1.29 is 28.6 Å². The molecule has 5 fully saturated rings. The van der Waals surface area contributed by atoms with E-state index in [1.165, 1.54) is 0 Å². The van der Waals surface area contributed by atoms with Crippen molar-refractivity contribution in [2.45, 2.75) is 89.4 Å². The third kappa shape index (κ3) is 2.20. The molecule has 31 heavy (non-hydrogen) atoms. The Hall–Kier alpha value is -1.69. The summed E-state index contributed by atoms with van der Waals surface area (Å²) >= 11 is 0. The first-order valence-corrected chi connectivity index (χ1v) is 12.0. The number of hydrogen-bond donors (Lipinski definition) is 0. The summed E-state index contributed by atoms with van der Waals surface area (Å²) in [7, 11) is 0. The number of esters is 2. The van der Waals surface area contributed by atoms with Crippen molar-refractivity contribution in [1.29, 1.82) is 0 Å². The number of hydrogen-bond acceptors (Lipinski definition) is 6. The van der Waals surface area contributed by atoms with Gasteiger partial charge in [-0.25, -0.2) is 0 Å². The van der Waals surface area contributed by atoms with Crippen LogP contribution in [0.15, 0.2) is 11.6 Å². The molecule has 0 N–H and O–H groups in total. The van der Waals surface area contributed by atoms with Crippen LogP contribution in [0.2, 0.25) is 0 Å². The van der Waals surface area contributed by atoms with Crippen LogP contribution < -0.4 is 0 Å². The Bertz CT molecular complexity index is 923. The Labute approximate surface area is 183 Å². The van der Waals surface area contributed by atoms with Gasteiger partial charge in [-0.3, -0.25) is 14.4 Å². The third-order valence-electron chi connectivity index (χ3n) is 10.2. The number of rotatable bonds is 2. The SMILES string of the molecule is CCOC(=O)C1C=C2CC(=O)CC[C@]2(C)C23O[C@@H]2C[C@@]2(C)[C@@H](CC[C@@]24CCC(=O)O4)[C@H]13. The predicted octanol–water partition coefficient (Wildman–Crippen LogP) is 3.51. The summed E-state index contributed by atoms with van der Waals surface area (Å²) in [6.07, 6.45) is 7.77. The summed E-state index contributed by atoms with van der Waals surface area (Å²) in [5, 5.41) is 0. The van der Waals surface area contributed by atoms with Crippen molar-refractivity contribution in [3.05, 3.63) is 11.6 Å². The Kier molecular flexibility index (Phi) is 3.86. The summed E-state index contributed by atoms with van der Waals surface area (Å²) in [4.78, 5) is 37.7. The Morgan fingerprint density at radius 1 is 1.19 bits per heavy atom. The summed E-state index contributed by atoms with van der Waals surface area (Å²) in [6.45, 7) is 6.69. The van der Waals surface area contributed by atoms with E-state index < -0.39 is 17.1 Å². The first-order chi connectivity index (χ1) is 14.7. The second-order valence-corrected chi connectivity index (χ2v) is 11.2. The summed E-state index contributed by atoms with van der Waals surface area (Å²) < 4.78 is 18.3. The number of epoxide rings is 1. The highest BCUT2D eigenvalue weighted by Crippen LogP contribution is 2.77. The highest BCUT2D eigenvalue weighted by Gasteiger charge is 2.83. The molecule has 0 aromatic heterocycles. The molecule has 2 saturated heterocycles. The molecule has 0 aromatic carbocycles. The fraction of sp³-hybridized carbons (Fsp3) is 0.800. The van der Waals surface area contributed by atoms with E-state index in [1.807, 2.05) is 6.92 Å². The van der Waals surface area contributed by atoms with Crippen molar-refractivity contribution >= 4 is 17.7 Å². The highest BCUT2D eigenvalue weighted by atomic mass is 16.6. The molecule has 6 rings (SSSR count). The second kappa shape index (κ2) is 6.00. The maximum absolute atomic E-state index is 13.2. The van der Waals surface area contributed by atoms with Crippen molar-refractivity contribution in [3.8, 4) is 0 Å². The minimum atomic E-state index is -0.431. The first-order valence-electron chi connectivity index (χ1n) is 12.0. The molecule has 2 spiro atoms. The maximum Gasteiger partial charge on any atom is 0.313 e. The number of fused-ring (bicyclic) bond motifs is 4. The molecular formula is C25H32O6. The molecule has 0 radical (unpaired) electrons. The van der Waals surface area contributed by atoms with E-state index in [0.29, 0.717) is 25.9 Å². The van der Waals surface area contributed by atoms with Crippen LogP contribution in [0.25, 0.3) is 0 Å². The quantitative estimate of drug-likeness (QED) is 0.380. The summed E-state index contributed by atoms with van der Waals surface area (Å²) in [5.74, 6) is -0.245. The highest BCUT2D eigenvalue weighted by molar-refractivity contribution is 5.84. The van der Waals surface area contributed by atoms with Crippen LogP contribution in [-0.2, 0) is 28.6 Å². The molecule has 0 bridgehead atoms. The van der Waals surface area contributed by atoms with Gasteiger partial charge < -0.3 is 14.2 Å². The molecule has 0 amide bonds. The Morgan fingerprint density at radius 3 is 2.71 bits per heavy atom. The van der Waals surface area contributed by atoms with Gasteiger partial charge >= 0.3 is 11.9 Å². The van der Waals surface area contributed by atoms with Gasteiger partial charge in [-0.15, -0.1) is 0 Å². The second-order valence-electron chi connectivity index (χ2n) is 11.2. The fourth-order valence-electron chi connectivity index (χ4n) is 8.70. The monoisotopic (exact) mass is 428 g/mol. The van der Waals surface area contributed by atoms with Gasteiger partial charge in [0.15, 0.2) is 0 Å². The molecule has 6 aliphatic rings. The van der Waals surface area contributed by atoms with E-state index in [1.54, 1.807) is 0 Å². The van der Waals surface area contributed by atoms with E-state index >= 15 is 0 Å². The van der Waals surface area contributed by atoms with Crippen LogP contribution in [0.1, 0.15) is 72.1 Å². The summed E-state index contributed by atoms with van der Waals surface area (Å²) in [6, 6.07) is 0. The molecule has 3 saturated carbocycles. The van der Waals surface area contributed by atoms with E-state index in [-0.39, 0.29) is 46.5 Å². The first kappa shape index (κ1) is 20.0. The van der Waals surface area contributed by atoms with Crippen LogP contribution in [0.3, 0.4) is 0 Å². The number of carbonyl (C=O) groups is 3. The zero-order valence-corrected chi connectivity index (χ0v) is 18.7. The number of Topliss-reactive ketones (excluding diaryl/α,β-unsaturated/α-hetero) is 1. The van der Waals surface area contributed by atoms with Gasteiger partial charge in [0, 0.05) is 36.0 Å².